The molecule has 0 radical (unpaired) electrons. The number of piperazine rings is 1. The molecule has 9 heteroatoms. The molecule has 28 heavy (non-hydrogen) atoms. The smallest absolute Gasteiger partial charge is 0.220 e. The van der Waals surface area contributed by atoms with E-state index in [0.717, 1.165) is 35.9 Å². The Morgan fingerprint density at radius 3 is 2.36 bits per heavy atom. The van der Waals surface area contributed by atoms with E-state index in [4.69, 9.17) is 4.98 Å². The van der Waals surface area contributed by atoms with E-state index >= 15 is 0 Å². The minimum absolute atomic E-state index is 0.0928. The first-order chi connectivity index (χ1) is 13.4. The number of rotatable bonds is 5. The van der Waals surface area contributed by atoms with Gasteiger partial charge < -0.3 is 0 Å². The average Bonchev–Trinajstić information content (AvgIpc) is 3.29. The lowest BCUT2D eigenvalue weighted by Gasteiger charge is -2.36. The molecule has 1 aromatic carbocycles. The number of nitrogens with one attached hydrogen (secondary N) is 2. The van der Waals surface area contributed by atoms with Gasteiger partial charge in [-0.15, -0.1) is 11.3 Å². The molecule has 2 aliphatic heterocycles. The summed E-state index contributed by atoms with van der Waals surface area (Å²) in [7, 11) is -3.32. The van der Waals surface area contributed by atoms with Crippen molar-refractivity contribution in [2.75, 3.05) is 26.2 Å². The Labute approximate surface area is 170 Å². The number of hydrogen-bond acceptors (Lipinski definition) is 7. The first kappa shape index (κ1) is 19.9. The van der Waals surface area contributed by atoms with Crippen molar-refractivity contribution in [3.05, 3.63) is 40.7 Å². The lowest BCUT2D eigenvalue weighted by Crippen LogP contribution is -2.53. The highest BCUT2D eigenvalue weighted by Gasteiger charge is 2.44. The van der Waals surface area contributed by atoms with Crippen LogP contribution in [0.2, 0.25) is 0 Å². The van der Waals surface area contributed by atoms with E-state index in [1.54, 1.807) is 15.6 Å². The maximum Gasteiger partial charge on any atom is 0.220 e. The summed E-state index contributed by atoms with van der Waals surface area (Å²) in [5.41, 5.74) is 8.23. The number of benzene rings is 1. The molecule has 2 unspecified atom stereocenters. The largest absolute Gasteiger partial charge is 0.294 e. The highest BCUT2D eigenvalue weighted by Crippen LogP contribution is 2.24. The molecule has 152 valence electrons. The number of thiazole rings is 1. The number of aromatic nitrogens is 1. The van der Waals surface area contributed by atoms with Gasteiger partial charge in [0.25, 0.3) is 0 Å². The molecule has 2 fully saturated rings. The quantitative estimate of drug-likeness (QED) is 0.762. The Hall–Kier alpha value is -1.36. The maximum absolute atomic E-state index is 13.1. The molecule has 1 aromatic heterocycles. The molecule has 7 nitrogen and oxygen atoms in total. The summed E-state index contributed by atoms with van der Waals surface area (Å²) in [4.78, 5) is 7.04. The molecule has 2 saturated heterocycles. The standard InChI is InChI=1S/C19H27N5O2S2/c1-14-19(15(2)22-21-14)28(25,26)24-10-8-23(9-11-24)12-18-20-17(13-27-18)16-6-4-3-5-7-16/h3-7,13-15,19,21-22H,8-12H2,1-2H3. The summed E-state index contributed by atoms with van der Waals surface area (Å²) in [5.74, 6) is 0. The molecule has 2 aliphatic rings. The third-order valence-corrected chi connectivity index (χ3v) is 8.96. The SMILES string of the molecule is CC1NNC(C)C1S(=O)(=O)N1CCN(Cc2nc(-c3ccccc3)cs2)CC1. The fraction of sp³-hybridized carbons (Fsp3) is 0.526. The predicted octanol–water partition coefficient (Wildman–Crippen LogP) is 1.51. The fourth-order valence-electron chi connectivity index (χ4n) is 4.01. The lowest BCUT2D eigenvalue weighted by molar-refractivity contribution is 0.180. The summed E-state index contributed by atoms with van der Waals surface area (Å²) >= 11 is 1.66. The van der Waals surface area contributed by atoms with Crippen LogP contribution >= 0.6 is 11.3 Å². The van der Waals surface area contributed by atoms with Gasteiger partial charge in [-0.3, -0.25) is 15.8 Å². The van der Waals surface area contributed by atoms with Crippen molar-refractivity contribution < 1.29 is 8.42 Å². The first-order valence-corrected chi connectivity index (χ1v) is 12.1. The summed E-state index contributed by atoms with van der Waals surface area (Å²) in [6.07, 6.45) is 0. The van der Waals surface area contributed by atoms with Crippen molar-refractivity contribution in [1.29, 1.82) is 0 Å². The van der Waals surface area contributed by atoms with Gasteiger partial charge in [0.1, 0.15) is 10.3 Å². The molecule has 0 spiro atoms. The monoisotopic (exact) mass is 421 g/mol. The second-order valence-corrected chi connectivity index (χ2v) is 10.6. The molecule has 3 heterocycles. The van der Waals surface area contributed by atoms with Gasteiger partial charge in [-0.25, -0.2) is 13.4 Å². The van der Waals surface area contributed by atoms with E-state index in [1.807, 2.05) is 32.0 Å². The molecular formula is C19H27N5O2S2. The van der Waals surface area contributed by atoms with E-state index < -0.39 is 15.3 Å². The van der Waals surface area contributed by atoms with Crippen LogP contribution in [-0.4, -0.2) is 66.1 Å². The zero-order valence-electron chi connectivity index (χ0n) is 16.2. The number of hydrazine groups is 1. The fourth-order valence-corrected chi connectivity index (χ4v) is 7.04. The third kappa shape index (κ3) is 4.00. The highest BCUT2D eigenvalue weighted by atomic mass is 32.2. The van der Waals surface area contributed by atoms with Crippen molar-refractivity contribution in [3.8, 4) is 11.3 Å². The van der Waals surface area contributed by atoms with Crippen molar-refractivity contribution in [3.63, 3.8) is 0 Å². The van der Waals surface area contributed by atoms with Crippen LogP contribution in [0.4, 0.5) is 0 Å². The summed E-state index contributed by atoms with van der Waals surface area (Å²) in [6.45, 7) is 7.14. The highest BCUT2D eigenvalue weighted by molar-refractivity contribution is 7.89. The van der Waals surface area contributed by atoms with Gasteiger partial charge in [0.05, 0.1) is 12.2 Å². The lowest BCUT2D eigenvalue weighted by atomic mass is 10.2. The van der Waals surface area contributed by atoms with E-state index in [0.29, 0.717) is 13.1 Å². The molecule has 0 bridgehead atoms. The summed E-state index contributed by atoms with van der Waals surface area (Å²) in [6, 6.07) is 9.99. The second-order valence-electron chi connectivity index (χ2n) is 7.54. The molecule has 4 rings (SSSR count). The van der Waals surface area contributed by atoms with Crippen LogP contribution in [0, 0.1) is 0 Å². The summed E-state index contributed by atoms with van der Waals surface area (Å²) < 4.78 is 27.8. The Kier molecular flexibility index (Phi) is 5.82. The van der Waals surface area contributed by atoms with Crippen LogP contribution in [0.15, 0.2) is 35.7 Å². The van der Waals surface area contributed by atoms with Crippen molar-refractivity contribution in [2.45, 2.75) is 37.7 Å². The molecule has 2 N–H and O–H groups in total. The van der Waals surface area contributed by atoms with Crippen molar-refractivity contribution >= 4 is 21.4 Å². The Balaban J connectivity index is 1.35. The van der Waals surface area contributed by atoms with Gasteiger partial charge in [0.15, 0.2) is 0 Å². The van der Waals surface area contributed by atoms with Crippen LogP contribution in [0.25, 0.3) is 11.3 Å². The molecule has 2 atom stereocenters. The predicted molar refractivity (Wildman–Crippen MR) is 112 cm³/mol. The van der Waals surface area contributed by atoms with Crippen LogP contribution in [-0.2, 0) is 16.6 Å². The van der Waals surface area contributed by atoms with E-state index in [9.17, 15) is 8.42 Å². The van der Waals surface area contributed by atoms with Gasteiger partial charge in [-0.05, 0) is 13.8 Å². The van der Waals surface area contributed by atoms with Gasteiger partial charge in [0, 0.05) is 49.2 Å². The number of hydrogen-bond donors (Lipinski definition) is 2. The zero-order valence-corrected chi connectivity index (χ0v) is 17.8. The van der Waals surface area contributed by atoms with Crippen LogP contribution in [0.5, 0.6) is 0 Å². The number of nitrogens with zero attached hydrogens (tertiary/aromatic N) is 3. The van der Waals surface area contributed by atoms with E-state index in [1.165, 1.54) is 0 Å². The van der Waals surface area contributed by atoms with Gasteiger partial charge in [-0.1, -0.05) is 30.3 Å². The first-order valence-electron chi connectivity index (χ1n) is 9.67. The normalized spacial score (nSPS) is 27.3. The average molecular weight is 422 g/mol. The van der Waals surface area contributed by atoms with E-state index in [2.05, 4.69) is 33.3 Å². The maximum atomic E-state index is 13.1. The van der Waals surface area contributed by atoms with Crippen LogP contribution in [0.3, 0.4) is 0 Å². The summed E-state index contributed by atoms with van der Waals surface area (Å²) in [5, 5.41) is 2.74. The zero-order chi connectivity index (χ0) is 19.7. The molecule has 0 amide bonds. The minimum atomic E-state index is -3.32. The molecule has 0 saturated carbocycles. The van der Waals surface area contributed by atoms with Gasteiger partial charge >= 0.3 is 0 Å². The van der Waals surface area contributed by atoms with Crippen LogP contribution < -0.4 is 10.9 Å². The van der Waals surface area contributed by atoms with Crippen LogP contribution in [0.1, 0.15) is 18.9 Å². The number of sulfonamides is 1. The Bertz CT molecular complexity index is 884. The molecular weight excluding hydrogens is 394 g/mol. The third-order valence-electron chi connectivity index (χ3n) is 5.54. The molecule has 2 aromatic rings. The topological polar surface area (TPSA) is 77.6 Å². The Morgan fingerprint density at radius 2 is 1.71 bits per heavy atom. The second kappa shape index (κ2) is 8.17. The molecule has 0 aliphatic carbocycles. The minimum Gasteiger partial charge on any atom is -0.294 e. The van der Waals surface area contributed by atoms with Crippen molar-refractivity contribution in [1.82, 2.24) is 25.0 Å². The Morgan fingerprint density at radius 1 is 1.07 bits per heavy atom. The van der Waals surface area contributed by atoms with Gasteiger partial charge in [-0.2, -0.15) is 4.31 Å². The van der Waals surface area contributed by atoms with E-state index in [-0.39, 0.29) is 12.1 Å². The van der Waals surface area contributed by atoms with Crippen molar-refractivity contribution in [2.24, 2.45) is 0 Å². The van der Waals surface area contributed by atoms with Gasteiger partial charge in [0.2, 0.25) is 10.0 Å².